The first-order chi connectivity index (χ1) is 9.56. The second-order valence-electron chi connectivity index (χ2n) is 5.58. The molecular weight excluding hydrogens is 258 g/mol. The number of allylic oxidation sites excluding steroid dienone is 2. The number of rotatable bonds is 4. The third kappa shape index (κ3) is 2.11. The Morgan fingerprint density at radius 2 is 2.10 bits per heavy atom. The molecule has 20 heavy (non-hydrogen) atoms. The summed E-state index contributed by atoms with van der Waals surface area (Å²) in [5.74, 6) is -2.00. The summed E-state index contributed by atoms with van der Waals surface area (Å²) < 4.78 is 1.67. The van der Waals surface area contributed by atoms with Crippen LogP contribution in [-0.2, 0) is 23.2 Å². The highest BCUT2D eigenvalue weighted by Crippen LogP contribution is 2.48. The SMILES string of the molecule is Cn1cc(CNC(=O)[C@@H]2[C@@H](C(=O)O)[C@H]3C=C[C@H]2C3)cn1. The van der Waals surface area contributed by atoms with Gasteiger partial charge in [0.05, 0.1) is 18.0 Å². The van der Waals surface area contributed by atoms with Crippen LogP contribution in [0.25, 0.3) is 0 Å². The van der Waals surface area contributed by atoms with Gasteiger partial charge in [-0.3, -0.25) is 14.3 Å². The minimum atomic E-state index is -0.872. The number of aliphatic carboxylic acids is 1. The van der Waals surface area contributed by atoms with Crippen LogP contribution in [0.1, 0.15) is 12.0 Å². The third-order valence-electron chi connectivity index (χ3n) is 4.27. The number of amides is 1. The highest BCUT2D eigenvalue weighted by atomic mass is 16.4. The molecule has 6 nitrogen and oxygen atoms in total. The molecule has 0 aliphatic heterocycles. The summed E-state index contributed by atoms with van der Waals surface area (Å²) in [7, 11) is 1.81. The van der Waals surface area contributed by atoms with Crippen LogP contribution in [0.15, 0.2) is 24.5 Å². The Kier molecular flexibility index (Phi) is 3.08. The topological polar surface area (TPSA) is 84.2 Å². The summed E-state index contributed by atoms with van der Waals surface area (Å²) in [4.78, 5) is 23.7. The zero-order chi connectivity index (χ0) is 14.3. The number of carbonyl (C=O) groups is 2. The maximum absolute atomic E-state index is 12.3. The number of carbonyl (C=O) groups excluding carboxylic acids is 1. The van der Waals surface area contributed by atoms with Crippen molar-refractivity contribution in [3.05, 3.63) is 30.1 Å². The van der Waals surface area contributed by atoms with E-state index in [0.29, 0.717) is 6.54 Å². The van der Waals surface area contributed by atoms with Crippen LogP contribution in [0, 0.1) is 23.7 Å². The molecule has 1 saturated carbocycles. The van der Waals surface area contributed by atoms with Crippen LogP contribution in [0.3, 0.4) is 0 Å². The lowest BCUT2D eigenvalue weighted by Gasteiger charge is -2.23. The van der Waals surface area contributed by atoms with Crippen molar-refractivity contribution in [3.8, 4) is 0 Å². The molecule has 3 rings (SSSR count). The van der Waals surface area contributed by atoms with Crippen molar-refractivity contribution in [2.24, 2.45) is 30.7 Å². The number of nitrogens with one attached hydrogen (secondary N) is 1. The van der Waals surface area contributed by atoms with E-state index < -0.39 is 17.8 Å². The average molecular weight is 275 g/mol. The number of hydrogen-bond donors (Lipinski definition) is 2. The van der Waals surface area contributed by atoms with E-state index in [1.807, 2.05) is 25.4 Å². The molecule has 1 fully saturated rings. The van der Waals surface area contributed by atoms with E-state index >= 15 is 0 Å². The summed E-state index contributed by atoms with van der Waals surface area (Å²) in [6, 6.07) is 0. The zero-order valence-corrected chi connectivity index (χ0v) is 11.2. The summed E-state index contributed by atoms with van der Waals surface area (Å²) in [5.41, 5.74) is 0.909. The molecule has 2 aliphatic rings. The Morgan fingerprint density at radius 1 is 1.40 bits per heavy atom. The van der Waals surface area contributed by atoms with E-state index in [9.17, 15) is 14.7 Å². The van der Waals surface area contributed by atoms with Gasteiger partial charge in [0.2, 0.25) is 5.91 Å². The molecule has 0 aromatic carbocycles. The largest absolute Gasteiger partial charge is 0.481 e. The standard InChI is InChI=1S/C14H17N3O3/c1-17-7-8(6-16-17)5-15-13(18)11-9-2-3-10(4-9)12(11)14(19)20/h2-3,6-7,9-12H,4-5H2,1H3,(H,15,18)(H,19,20)/t9-,10-,11-,12-/m0/s1. The lowest BCUT2D eigenvalue weighted by molar-refractivity contribution is -0.147. The van der Waals surface area contributed by atoms with E-state index in [4.69, 9.17) is 0 Å². The second kappa shape index (κ2) is 4.77. The van der Waals surface area contributed by atoms with Gasteiger partial charge < -0.3 is 10.4 Å². The normalized spacial score (nSPS) is 30.6. The van der Waals surface area contributed by atoms with Crippen LogP contribution in [0.2, 0.25) is 0 Å². The van der Waals surface area contributed by atoms with Gasteiger partial charge in [0, 0.05) is 25.4 Å². The maximum Gasteiger partial charge on any atom is 0.307 e. The molecule has 1 aromatic rings. The molecule has 0 radical (unpaired) electrons. The Morgan fingerprint density at radius 3 is 2.70 bits per heavy atom. The Balaban J connectivity index is 1.67. The summed E-state index contributed by atoms with van der Waals surface area (Å²) in [6.45, 7) is 0.386. The quantitative estimate of drug-likeness (QED) is 0.786. The minimum absolute atomic E-state index is 0.00615. The minimum Gasteiger partial charge on any atom is -0.481 e. The van der Waals surface area contributed by atoms with Crippen molar-refractivity contribution >= 4 is 11.9 Å². The molecule has 1 aromatic heterocycles. The highest BCUT2D eigenvalue weighted by Gasteiger charge is 2.51. The Hall–Kier alpha value is -2.11. The molecule has 2 bridgehead atoms. The van der Waals surface area contributed by atoms with Crippen molar-refractivity contribution in [2.75, 3.05) is 0 Å². The predicted octanol–water partition coefficient (Wildman–Crippen LogP) is 0.559. The fraction of sp³-hybridized carbons (Fsp3) is 0.500. The van der Waals surface area contributed by atoms with E-state index in [1.54, 1.807) is 10.9 Å². The second-order valence-corrected chi connectivity index (χ2v) is 5.58. The van der Waals surface area contributed by atoms with Gasteiger partial charge in [0.25, 0.3) is 0 Å². The lowest BCUT2D eigenvalue weighted by atomic mass is 9.82. The van der Waals surface area contributed by atoms with Gasteiger partial charge in [0.15, 0.2) is 0 Å². The molecule has 106 valence electrons. The van der Waals surface area contributed by atoms with Crippen molar-refractivity contribution in [2.45, 2.75) is 13.0 Å². The summed E-state index contributed by atoms with van der Waals surface area (Å²) >= 11 is 0. The number of aromatic nitrogens is 2. The number of nitrogens with zero attached hydrogens (tertiary/aromatic N) is 2. The van der Waals surface area contributed by atoms with Gasteiger partial charge in [-0.2, -0.15) is 5.10 Å². The molecule has 1 heterocycles. The lowest BCUT2D eigenvalue weighted by Crippen LogP contribution is -2.39. The van der Waals surface area contributed by atoms with Crippen LogP contribution in [-0.4, -0.2) is 26.8 Å². The van der Waals surface area contributed by atoms with Crippen molar-refractivity contribution in [1.29, 1.82) is 0 Å². The fourth-order valence-electron chi connectivity index (χ4n) is 3.39. The number of carboxylic acids is 1. The first-order valence-electron chi connectivity index (χ1n) is 6.72. The van der Waals surface area contributed by atoms with E-state index in [-0.39, 0.29) is 17.7 Å². The van der Waals surface area contributed by atoms with E-state index in [2.05, 4.69) is 10.4 Å². The Labute approximate surface area is 116 Å². The predicted molar refractivity (Wildman–Crippen MR) is 70.4 cm³/mol. The van der Waals surface area contributed by atoms with Crippen LogP contribution in [0.5, 0.6) is 0 Å². The number of aryl methyl sites for hydroxylation is 1. The number of carboxylic acid groups (broad SMARTS) is 1. The van der Waals surface area contributed by atoms with Crippen molar-refractivity contribution in [1.82, 2.24) is 15.1 Å². The van der Waals surface area contributed by atoms with Crippen LogP contribution < -0.4 is 5.32 Å². The molecule has 6 heteroatoms. The Bertz CT molecular complexity index is 578. The first kappa shape index (κ1) is 12.9. The van der Waals surface area contributed by atoms with E-state index in [1.165, 1.54) is 0 Å². The van der Waals surface area contributed by atoms with Gasteiger partial charge >= 0.3 is 5.97 Å². The monoisotopic (exact) mass is 275 g/mol. The van der Waals surface area contributed by atoms with Gasteiger partial charge in [-0.05, 0) is 18.3 Å². The molecule has 1 amide bonds. The number of fused-ring (bicyclic) bond motifs is 2. The highest BCUT2D eigenvalue weighted by molar-refractivity contribution is 5.86. The van der Waals surface area contributed by atoms with Gasteiger partial charge in [-0.15, -0.1) is 0 Å². The molecule has 0 spiro atoms. The van der Waals surface area contributed by atoms with Crippen molar-refractivity contribution in [3.63, 3.8) is 0 Å². The van der Waals surface area contributed by atoms with Gasteiger partial charge in [-0.1, -0.05) is 12.2 Å². The first-order valence-corrected chi connectivity index (χ1v) is 6.72. The average Bonchev–Trinajstić information content (AvgIpc) is 3.10. The maximum atomic E-state index is 12.3. The van der Waals surface area contributed by atoms with Crippen molar-refractivity contribution < 1.29 is 14.7 Å². The molecular formula is C14H17N3O3. The number of hydrogen-bond acceptors (Lipinski definition) is 3. The zero-order valence-electron chi connectivity index (χ0n) is 11.2. The van der Waals surface area contributed by atoms with Gasteiger partial charge in [-0.25, -0.2) is 0 Å². The molecule has 0 unspecified atom stereocenters. The van der Waals surface area contributed by atoms with Gasteiger partial charge in [0.1, 0.15) is 0 Å². The summed E-state index contributed by atoms with van der Waals surface area (Å²) in [6.07, 6.45) is 8.22. The molecule has 2 N–H and O–H groups in total. The molecule has 2 aliphatic carbocycles. The fourth-order valence-corrected chi connectivity index (χ4v) is 3.39. The third-order valence-corrected chi connectivity index (χ3v) is 4.27. The molecule has 4 atom stereocenters. The molecule has 0 saturated heterocycles. The smallest absolute Gasteiger partial charge is 0.307 e. The van der Waals surface area contributed by atoms with Crippen LogP contribution in [0.4, 0.5) is 0 Å². The van der Waals surface area contributed by atoms with Crippen LogP contribution >= 0.6 is 0 Å². The van der Waals surface area contributed by atoms with E-state index in [0.717, 1.165) is 12.0 Å². The summed E-state index contributed by atoms with van der Waals surface area (Å²) in [5, 5.41) is 16.2.